The second kappa shape index (κ2) is 4.20. The molecule has 0 saturated heterocycles. The summed E-state index contributed by atoms with van der Waals surface area (Å²) < 4.78 is 13.2. The molecule has 0 spiro atoms. The van der Waals surface area contributed by atoms with Crippen molar-refractivity contribution in [2.24, 2.45) is 0 Å². The summed E-state index contributed by atoms with van der Waals surface area (Å²) in [4.78, 5) is 20.9. The predicted molar refractivity (Wildman–Crippen MR) is 60.7 cm³/mol. The zero-order valence-corrected chi connectivity index (χ0v) is 8.87. The molecule has 18 heavy (non-hydrogen) atoms. The van der Waals surface area contributed by atoms with Crippen LogP contribution in [0.15, 0.2) is 18.2 Å². The zero-order valence-electron chi connectivity index (χ0n) is 8.87. The highest BCUT2D eigenvalue weighted by atomic mass is 19.1. The van der Waals surface area contributed by atoms with E-state index in [2.05, 4.69) is 15.0 Å². The molecule has 0 unspecified atom stereocenters. The molecule has 0 fully saturated rings. The van der Waals surface area contributed by atoms with Crippen LogP contribution in [0.25, 0.3) is 11.4 Å². The van der Waals surface area contributed by atoms with Crippen molar-refractivity contribution in [3.05, 3.63) is 34.1 Å². The Balaban J connectivity index is 2.59. The molecular formula is C9H7FN6O2. The maximum absolute atomic E-state index is 13.2. The predicted octanol–water partition coefficient (Wildman–Crippen LogP) is 0.750. The molecule has 92 valence electrons. The molecular weight excluding hydrogens is 243 g/mol. The molecule has 8 nitrogen and oxygen atoms in total. The summed E-state index contributed by atoms with van der Waals surface area (Å²) in [5.41, 5.74) is 10.4. The Morgan fingerprint density at radius 1 is 1.11 bits per heavy atom. The quantitative estimate of drug-likeness (QED) is 0.593. The minimum Gasteiger partial charge on any atom is -0.368 e. The van der Waals surface area contributed by atoms with Gasteiger partial charge in [0, 0.05) is 11.6 Å². The van der Waals surface area contributed by atoms with E-state index in [4.69, 9.17) is 11.5 Å². The molecule has 0 bridgehead atoms. The molecule has 0 aliphatic rings. The van der Waals surface area contributed by atoms with E-state index < -0.39 is 16.4 Å². The van der Waals surface area contributed by atoms with Crippen LogP contribution in [0.1, 0.15) is 0 Å². The molecule has 0 aliphatic heterocycles. The first-order valence-electron chi connectivity index (χ1n) is 4.68. The number of anilines is 2. The maximum atomic E-state index is 13.2. The van der Waals surface area contributed by atoms with Crippen LogP contribution in [0.2, 0.25) is 0 Å². The molecule has 0 atom stereocenters. The van der Waals surface area contributed by atoms with E-state index in [1.54, 1.807) is 0 Å². The van der Waals surface area contributed by atoms with Crippen LogP contribution in [-0.4, -0.2) is 19.9 Å². The van der Waals surface area contributed by atoms with Crippen molar-refractivity contribution < 1.29 is 9.31 Å². The fourth-order valence-corrected chi connectivity index (χ4v) is 1.35. The summed E-state index contributed by atoms with van der Waals surface area (Å²) in [5, 5.41) is 10.6. The molecule has 0 saturated carbocycles. The number of nitrogens with zero attached hydrogens (tertiary/aromatic N) is 4. The van der Waals surface area contributed by atoms with Crippen LogP contribution in [0.4, 0.5) is 22.0 Å². The molecule has 1 heterocycles. The first-order chi connectivity index (χ1) is 8.45. The number of rotatable bonds is 2. The number of nitro groups is 1. The fourth-order valence-electron chi connectivity index (χ4n) is 1.35. The fraction of sp³-hybridized carbons (Fsp3) is 0. The van der Waals surface area contributed by atoms with E-state index in [1.165, 1.54) is 0 Å². The van der Waals surface area contributed by atoms with E-state index in [9.17, 15) is 14.5 Å². The second-order valence-corrected chi connectivity index (χ2v) is 3.33. The Bertz CT molecular complexity index is 612. The van der Waals surface area contributed by atoms with Gasteiger partial charge in [0.15, 0.2) is 5.82 Å². The summed E-state index contributed by atoms with van der Waals surface area (Å²) in [6, 6.07) is 2.95. The van der Waals surface area contributed by atoms with Crippen LogP contribution < -0.4 is 11.5 Å². The number of nitrogen functional groups attached to an aromatic ring is 2. The van der Waals surface area contributed by atoms with Crippen LogP contribution in [0, 0.1) is 15.9 Å². The van der Waals surface area contributed by atoms with Gasteiger partial charge in [0.05, 0.1) is 11.0 Å². The van der Waals surface area contributed by atoms with E-state index >= 15 is 0 Å². The highest BCUT2D eigenvalue weighted by Crippen LogP contribution is 2.23. The number of aromatic nitrogens is 3. The topological polar surface area (TPSA) is 134 Å². The van der Waals surface area contributed by atoms with Gasteiger partial charge in [0.2, 0.25) is 11.9 Å². The van der Waals surface area contributed by atoms with E-state index in [1.807, 2.05) is 0 Å². The largest absolute Gasteiger partial charge is 0.368 e. The number of non-ortho nitro benzene ring substituents is 1. The number of hydrogen-bond acceptors (Lipinski definition) is 7. The van der Waals surface area contributed by atoms with Crippen molar-refractivity contribution in [2.45, 2.75) is 0 Å². The van der Waals surface area contributed by atoms with Crippen LogP contribution >= 0.6 is 0 Å². The van der Waals surface area contributed by atoms with Gasteiger partial charge in [-0.3, -0.25) is 10.1 Å². The van der Waals surface area contributed by atoms with Gasteiger partial charge < -0.3 is 11.5 Å². The number of halogens is 1. The smallest absolute Gasteiger partial charge is 0.273 e. The average Bonchev–Trinajstić information content (AvgIpc) is 2.26. The van der Waals surface area contributed by atoms with Gasteiger partial charge in [0.1, 0.15) is 5.82 Å². The van der Waals surface area contributed by atoms with Gasteiger partial charge in [-0.25, -0.2) is 4.39 Å². The van der Waals surface area contributed by atoms with E-state index in [0.717, 1.165) is 18.2 Å². The van der Waals surface area contributed by atoms with Crippen molar-refractivity contribution >= 4 is 17.6 Å². The zero-order chi connectivity index (χ0) is 13.3. The average molecular weight is 250 g/mol. The van der Waals surface area contributed by atoms with Gasteiger partial charge in [0.25, 0.3) is 5.69 Å². The number of nitro benzene ring substituents is 1. The van der Waals surface area contributed by atoms with Crippen molar-refractivity contribution in [1.29, 1.82) is 0 Å². The highest BCUT2D eigenvalue weighted by Gasteiger charge is 2.13. The maximum Gasteiger partial charge on any atom is 0.273 e. The molecule has 2 aromatic rings. The molecule has 9 heteroatoms. The van der Waals surface area contributed by atoms with Crippen molar-refractivity contribution in [2.75, 3.05) is 11.5 Å². The second-order valence-electron chi connectivity index (χ2n) is 3.33. The van der Waals surface area contributed by atoms with Crippen molar-refractivity contribution in [3.8, 4) is 11.4 Å². The third kappa shape index (κ3) is 2.29. The van der Waals surface area contributed by atoms with Gasteiger partial charge in [-0.2, -0.15) is 15.0 Å². The Kier molecular flexibility index (Phi) is 2.72. The van der Waals surface area contributed by atoms with E-state index in [-0.39, 0.29) is 23.3 Å². The molecule has 4 N–H and O–H groups in total. The number of benzene rings is 1. The summed E-state index contributed by atoms with van der Waals surface area (Å²) in [7, 11) is 0. The summed E-state index contributed by atoms with van der Waals surface area (Å²) in [6.07, 6.45) is 0. The van der Waals surface area contributed by atoms with Crippen molar-refractivity contribution in [1.82, 2.24) is 15.0 Å². The van der Waals surface area contributed by atoms with Crippen LogP contribution in [0.5, 0.6) is 0 Å². The number of nitrogens with two attached hydrogens (primary N) is 2. The lowest BCUT2D eigenvalue weighted by atomic mass is 10.2. The van der Waals surface area contributed by atoms with Crippen molar-refractivity contribution in [3.63, 3.8) is 0 Å². The van der Waals surface area contributed by atoms with Gasteiger partial charge >= 0.3 is 0 Å². The molecule has 0 radical (unpaired) electrons. The molecule has 1 aromatic heterocycles. The van der Waals surface area contributed by atoms with Crippen LogP contribution in [-0.2, 0) is 0 Å². The first-order valence-corrected chi connectivity index (χ1v) is 4.68. The minimum absolute atomic E-state index is 0.0254. The van der Waals surface area contributed by atoms with Gasteiger partial charge in [-0.1, -0.05) is 0 Å². The molecule has 1 aromatic carbocycles. The Morgan fingerprint density at radius 3 is 2.28 bits per heavy atom. The third-order valence-electron chi connectivity index (χ3n) is 2.02. The molecule has 2 rings (SSSR count). The normalized spacial score (nSPS) is 10.3. The lowest BCUT2D eigenvalue weighted by Gasteiger charge is -2.02. The monoisotopic (exact) mass is 250 g/mol. The van der Waals surface area contributed by atoms with Crippen LogP contribution in [0.3, 0.4) is 0 Å². The van der Waals surface area contributed by atoms with Gasteiger partial charge in [-0.15, -0.1) is 0 Å². The lowest BCUT2D eigenvalue weighted by molar-refractivity contribution is -0.385. The summed E-state index contributed by atoms with van der Waals surface area (Å²) >= 11 is 0. The first kappa shape index (κ1) is 11.6. The Morgan fingerprint density at radius 2 is 1.72 bits per heavy atom. The van der Waals surface area contributed by atoms with Gasteiger partial charge in [-0.05, 0) is 6.07 Å². The minimum atomic E-state index is -0.781. The SMILES string of the molecule is Nc1nc(N)nc(-c2cc(F)cc([N+](=O)[O-])c2)n1. The number of hydrogen-bond donors (Lipinski definition) is 2. The molecule has 0 amide bonds. The Labute approximate surface area is 99.6 Å². The lowest BCUT2D eigenvalue weighted by Crippen LogP contribution is -2.04. The Hall–Kier alpha value is -2.84. The standard InChI is InChI=1S/C9H7FN6O2/c10-5-1-4(2-6(3-5)16(17)18)7-13-8(11)15-9(12)14-7/h1-3H,(H4,11,12,13,14,15). The molecule has 0 aliphatic carbocycles. The highest BCUT2D eigenvalue weighted by molar-refractivity contribution is 5.61. The van der Waals surface area contributed by atoms with E-state index in [0.29, 0.717) is 0 Å². The summed E-state index contributed by atoms with van der Waals surface area (Å²) in [5.74, 6) is -1.10. The summed E-state index contributed by atoms with van der Waals surface area (Å²) in [6.45, 7) is 0. The third-order valence-corrected chi connectivity index (χ3v) is 2.02.